The highest BCUT2D eigenvalue weighted by atomic mass is 19.1. The van der Waals surface area contributed by atoms with Gasteiger partial charge in [-0.1, -0.05) is 6.42 Å². The second-order valence-corrected chi connectivity index (χ2v) is 4.46. The molecule has 0 atom stereocenters. The van der Waals surface area contributed by atoms with Crippen molar-refractivity contribution in [2.45, 2.75) is 25.2 Å². The molecule has 3 rings (SSSR count). The lowest BCUT2D eigenvalue weighted by atomic mass is 9.83. The lowest BCUT2D eigenvalue weighted by Crippen LogP contribution is -2.08. The summed E-state index contributed by atoms with van der Waals surface area (Å²) in [4.78, 5) is 0. The molecule has 4 heteroatoms. The largest absolute Gasteiger partial charge is 0.282 e. The van der Waals surface area contributed by atoms with Gasteiger partial charge >= 0.3 is 0 Å². The molecule has 2 nitrogen and oxygen atoms in total. The van der Waals surface area contributed by atoms with E-state index in [1.807, 2.05) is 6.07 Å². The third kappa shape index (κ3) is 1.84. The highest BCUT2D eigenvalue weighted by Gasteiger charge is 2.22. The average Bonchev–Trinajstić information content (AvgIpc) is 2.64. The van der Waals surface area contributed by atoms with Crippen molar-refractivity contribution in [2.24, 2.45) is 0 Å². The molecule has 0 spiro atoms. The van der Waals surface area contributed by atoms with Crippen LogP contribution in [0.4, 0.5) is 8.78 Å². The Morgan fingerprint density at radius 3 is 2.65 bits per heavy atom. The van der Waals surface area contributed by atoms with E-state index in [-0.39, 0.29) is 0 Å². The highest BCUT2D eigenvalue weighted by molar-refractivity contribution is 5.60. The molecule has 2 aromatic rings. The number of aromatic amines is 1. The Morgan fingerprint density at radius 1 is 1.18 bits per heavy atom. The van der Waals surface area contributed by atoms with Gasteiger partial charge < -0.3 is 0 Å². The summed E-state index contributed by atoms with van der Waals surface area (Å²) in [6, 6.07) is 5.41. The molecule has 1 fully saturated rings. The first-order chi connectivity index (χ1) is 8.24. The zero-order valence-electron chi connectivity index (χ0n) is 9.21. The fourth-order valence-electron chi connectivity index (χ4n) is 2.10. The molecule has 1 aliphatic carbocycles. The van der Waals surface area contributed by atoms with E-state index >= 15 is 0 Å². The van der Waals surface area contributed by atoms with Crippen molar-refractivity contribution in [1.29, 1.82) is 0 Å². The number of rotatable bonds is 2. The number of nitrogens with zero attached hydrogens (tertiary/aromatic N) is 1. The predicted molar refractivity (Wildman–Crippen MR) is 60.5 cm³/mol. The minimum Gasteiger partial charge on any atom is -0.282 e. The van der Waals surface area contributed by atoms with E-state index in [4.69, 9.17) is 0 Å². The van der Waals surface area contributed by atoms with Crippen molar-refractivity contribution in [3.05, 3.63) is 41.6 Å². The van der Waals surface area contributed by atoms with Gasteiger partial charge in [0.25, 0.3) is 0 Å². The van der Waals surface area contributed by atoms with Gasteiger partial charge in [-0.05, 0) is 31.0 Å². The van der Waals surface area contributed by atoms with Crippen LogP contribution in [0.5, 0.6) is 0 Å². The van der Waals surface area contributed by atoms with Crippen LogP contribution in [-0.4, -0.2) is 10.2 Å². The van der Waals surface area contributed by atoms with Crippen LogP contribution in [0.25, 0.3) is 11.3 Å². The van der Waals surface area contributed by atoms with Crippen molar-refractivity contribution in [1.82, 2.24) is 10.2 Å². The Labute approximate surface area is 97.7 Å². The summed E-state index contributed by atoms with van der Waals surface area (Å²) in [5.74, 6) is -0.613. The van der Waals surface area contributed by atoms with Gasteiger partial charge in [-0.2, -0.15) is 5.10 Å². The smallest absolute Gasteiger partial charge is 0.135 e. The first-order valence-electron chi connectivity index (χ1n) is 5.75. The molecule has 17 heavy (non-hydrogen) atoms. The predicted octanol–water partition coefficient (Wildman–Crippen LogP) is 3.62. The monoisotopic (exact) mass is 234 g/mol. The molecule has 0 amide bonds. The first kappa shape index (κ1) is 10.4. The molecule has 0 aliphatic heterocycles. The molecular formula is C13H12F2N2. The average molecular weight is 234 g/mol. The summed E-state index contributed by atoms with van der Waals surface area (Å²) in [5, 5.41) is 7.03. The number of hydrogen-bond acceptors (Lipinski definition) is 1. The molecular weight excluding hydrogens is 222 g/mol. The SMILES string of the molecule is Fc1ccc(-c2cc(C3CCC3)[nH]n2)c(F)c1. The summed E-state index contributed by atoms with van der Waals surface area (Å²) in [5.41, 5.74) is 1.94. The molecule has 1 heterocycles. The first-order valence-corrected chi connectivity index (χ1v) is 5.75. The van der Waals surface area contributed by atoms with Gasteiger partial charge in [0.2, 0.25) is 0 Å². The van der Waals surface area contributed by atoms with E-state index in [2.05, 4.69) is 10.2 Å². The molecule has 0 radical (unpaired) electrons. The van der Waals surface area contributed by atoms with E-state index < -0.39 is 11.6 Å². The van der Waals surface area contributed by atoms with E-state index in [9.17, 15) is 8.78 Å². The van der Waals surface area contributed by atoms with E-state index in [0.717, 1.165) is 24.6 Å². The van der Waals surface area contributed by atoms with Gasteiger partial charge in [0.05, 0.1) is 5.69 Å². The number of halogens is 2. The summed E-state index contributed by atoms with van der Waals surface area (Å²) in [7, 11) is 0. The number of aromatic nitrogens is 2. The standard InChI is InChI=1S/C13H12F2N2/c14-9-4-5-10(11(15)6-9)13-7-12(16-17-13)8-2-1-3-8/h4-8H,1-3H2,(H,16,17). The normalized spacial score (nSPS) is 15.9. The lowest BCUT2D eigenvalue weighted by molar-refractivity contribution is 0.410. The molecule has 88 valence electrons. The van der Waals surface area contributed by atoms with Crippen LogP contribution in [0, 0.1) is 11.6 Å². The minimum absolute atomic E-state index is 0.341. The summed E-state index contributed by atoms with van der Waals surface area (Å²) >= 11 is 0. The van der Waals surface area contributed by atoms with Crippen molar-refractivity contribution < 1.29 is 8.78 Å². The molecule has 1 aromatic heterocycles. The molecule has 1 saturated carbocycles. The topological polar surface area (TPSA) is 28.7 Å². The van der Waals surface area contributed by atoms with Gasteiger partial charge in [0.15, 0.2) is 0 Å². The van der Waals surface area contributed by atoms with Gasteiger partial charge in [-0.3, -0.25) is 5.10 Å². The van der Waals surface area contributed by atoms with Gasteiger partial charge in [-0.25, -0.2) is 8.78 Å². The van der Waals surface area contributed by atoms with Crippen molar-refractivity contribution in [2.75, 3.05) is 0 Å². The maximum Gasteiger partial charge on any atom is 0.135 e. The lowest BCUT2D eigenvalue weighted by Gasteiger charge is -2.23. The van der Waals surface area contributed by atoms with Crippen LogP contribution >= 0.6 is 0 Å². The van der Waals surface area contributed by atoms with Crippen molar-refractivity contribution in [3.63, 3.8) is 0 Å². The Hall–Kier alpha value is -1.71. The van der Waals surface area contributed by atoms with Crippen LogP contribution in [0.1, 0.15) is 30.9 Å². The third-order valence-corrected chi connectivity index (χ3v) is 3.35. The maximum absolute atomic E-state index is 13.5. The molecule has 0 saturated heterocycles. The Balaban J connectivity index is 1.94. The second kappa shape index (κ2) is 3.95. The van der Waals surface area contributed by atoms with E-state index in [0.29, 0.717) is 17.2 Å². The summed E-state index contributed by atoms with van der Waals surface area (Å²) < 4.78 is 26.3. The van der Waals surface area contributed by atoms with Crippen LogP contribution in [-0.2, 0) is 0 Å². The fourth-order valence-corrected chi connectivity index (χ4v) is 2.10. The Bertz CT molecular complexity index is 544. The Kier molecular flexibility index (Phi) is 2.42. The zero-order chi connectivity index (χ0) is 11.8. The summed E-state index contributed by atoms with van der Waals surface area (Å²) in [6.07, 6.45) is 3.56. The zero-order valence-corrected chi connectivity index (χ0v) is 9.21. The molecule has 0 bridgehead atoms. The van der Waals surface area contributed by atoms with Crippen LogP contribution < -0.4 is 0 Å². The van der Waals surface area contributed by atoms with E-state index in [1.165, 1.54) is 18.6 Å². The molecule has 1 N–H and O–H groups in total. The van der Waals surface area contributed by atoms with Gasteiger partial charge in [-0.15, -0.1) is 0 Å². The third-order valence-electron chi connectivity index (χ3n) is 3.35. The van der Waals surface area contributed by atoms with Crippen molar-refractivity contribution >= 4 is 0 Å². The quantitative estimate of drug-likeness (QED) is 0.844. The number of H-pyrrole nitrogens is 1. The van der Waals surface area contributed by atoms with Crippen LogP contribution in [0.3, 0.4) is 0 Å². The number of hydrogen-bond donors (Lipinski definition) is 1. The Morgan fingerprint density at radius 2 is 2.00 bits per heavy atom. The number of benzene rings is 1. The minimum atomic E-state index is -0.573. The maximum atomic E-state index is 13.5. The highest BCUT2D eigenvalue weighted by Crippen LogP contribution is 2.36. The van der Waals surface area contributed by atoms with Crippen LogP contribution in [0.15, 0.2) is 24.3 Å². The van der Waals surface area contributed by atoms with Gasteiger partial charge in [0.1, 0.15) is 11.6 Å². The second-order valence-electron chi connectivity index (χ2n) is 4.46. The molecule has 1 aromatic carbocycles. The molecule has 0 unspecified atom stereocenters. The van der Waals surface area contributed by atoms with Gasteiger partial charge in [0, 0.05) is 23.2 Å². The number of nitrogens with one attached hydrogen (secondary N) is 1. The van der Waals surface area contributed by atoms with Crippen molar-refractivity contribution in [3.8, 4) is 11.3 Å². The molecule has 1 aliphatic rings. The van der Waals surface area contributed by atoms with E-state index in [1.54, 1.807) is 0 Å². The van der Waals surface area contributed by atoms with Crippen LogP contribution in [0.2, 0.25) is 0 Å². The summed E-state index contributed by atoms with van der Waals surface area (Å²) in [6.45, 7) is 0. The fraction of sp³-hybridized carbons (Fsp3) is 0.308.